The van der Waals surface area contributed by atoms with Crippen molar-refractivity contribution < 1.29 is 14.6 Å². The maximum atomic E-state index is 9.51. The van der Waals surface area contributed by atoms with Crippen LogP contribution < -0.4 is 9.47 Å². The summed E-state index contributed by atoms with van der Waals surface area (Å²) in [6.45, 7) is 2.13. The van der Waals surface area contributed by atoms with Gasteiger partial charge in [-0.15, -0.1) is 11.3 Å². The van der Waals surface area contributed by atoms with E-state index in [4.69, 9.17) is 9.47 Å². The number of thiazole rings is 1. The van der Waals surface area contributed by atoms with E-state index in [1.165, 1.54) is 0 Å². The minimum atomic E-state index is -0.521. The van der Waals surface area contributed by atoms with Crippen molar-refractivity contribution in [2.75, 3.05) is 7.11 Å². The zero-order valence-corrected chi connectivity index (χ0v) is 11.1. The number of rotatable bonds is 5. The van der Waals surface area contributed by atoms with E-state index < -0.39 is 6.10 Å². The van der Waals surface area contributed by atoms with Gasteiger partial charge in [0.25, 0.3) is 0 Å². The third-order valence-electron chi connectivity index (χ3n) is 2.50. The van der Waals surface area contributed by atoms with Crippen molar-refractivity contribution in [3.8, 4) is 11.5 Å². The van der Waals surface area contributed by atoms with E-state index in [2.05, 4.69) is 4.98 Å². The molecule has 1 atom stereocenters. The Hall–Kier alpha value is -1.59. The van der Waals surface area contributed by atoms with Crippen LogP contribution in [0.15, 0.2) is 29.8 Å². The molecule has 0 aliphatic rings. The Balaban J connectivity index is 2.12. The lowest BCUT2D eigenvalue weighted by Gasteiger charge is -2.12. The number of hydrogen-bond acceptors (Lipinski definition) is 5. The highest BCUT2D eigenvalue weighted by Gasteiger charge is 2.09. The summed E-state index contributed by atoms with van der Waals surface area (Å²) in [6.07, 6.45) is 1.23. The summed E-state index contributed by atoms with van der Waals surface area (Å²) >= 11 is 1.55. The van der Waals surface area contributed by atoms with E-state index in [9.17, 15) is 5.11 Å². The molecule has 1 heterocycles. The Kier molecular flexibility index (Phi) is 4.17. The van der Waals surface area contributed by atoms with Crippen LogP contribution in [0, 0.1) is 0 Å². The molecule has 0 saturated carbocycles. The van der Waals surface area contributed by atoms with Crippen LogP contribution in [-0.4, -0.2) is 17.2 Å². The van der Waals surface area contributed by atoms with Crippen molar-refractivity contribution in [3.05, 3.63) is 40.3 Å². The van der Waals surface area contributed by atoms with Gasteiger partial charge in [0, 0.05) is 11.6 Å². The minimum Gasteiger partial charge on any atom is -0.493 e. The number of aliphatic hydroxyl groups is 1. The first-order chi connectivity index (χ1) is 8.70. The molecule has 4 nitrogen and oxygen atoms in total. The van der Waals surface area contributed by atoms with Crippen LogP contribution in [0.5, 0.6) is 11.5 Å². The molecule has 0 spiro atoms. The summed E-state index contributed by atoms with van der Waals surface area (Å²) in [6, 6.07) is 5.40. The van der Waals surface area contributed by atoms with Crippen molar-refractivity contribution in [2.45, 2.75) is 19.6 Å². The highest BCUT2D eigenvalue weighted by Crippen LogP contribution is 2.30. The van der Waals surface area contributed by atoms with E-state index in [-0.39, 0.29) is 0 Å². The van der Waals surface area contributed by atoms with E-state index in [1.807, 2.05) is 11.4 Å². The number of hydrogen-bond donors (Lipinski definition) is 1. The average Bonchev–Trinajstić information content (AvgIpc) is 2.89. The predicted molar refractivity (Wildman–Crippen MR) is 70.1 cm³/mol. The molecular formula is C13H15NO3S. The molecule has 0 amide bonds. The van der Waals surface area contributed by atoms with Gasteiger partial charge in [-0.1, -0.05) is 6.07 Å². The Morgan fingerprint density at radius 1 is 1.39 bits per heavy atom. The Bertz CT molecular complexity index is 497. The zero-order chi connectivity index (χ0) is 13.0. The third-order valence-corrected chi connectivity index (χ3v) is 3.26. The third kappa shape index (κ3) is 3.00. The van der Waals surface area contributed by atoms with Gasteiger partial charge < -0.3 is 14.6 Å². The fourth-order valence-electron chi connectivity index (χ4n) is 1.53. The van der Waals surface area contributed by atoms with Gasteiger partial charge in [-0.25, -0.2) is 4.98 Å². The van der Waals surface area contributed by atoms with Crippen LogP contribution in [0.3, 0.4) is 0 Å². The molecule has 5 heteroatoms. The summed E-state index contributed by atoms with van der Waals surface area (Å²) in [5.74, 6) is 1.27. The molecule has 18 heavy (non-hydrogen) atoms. The normalized spacial score (nSPS) is 12.2. The van der Waals surface area contributed by atoms with Crippen molar-refractivity contribution >= 4 is 11.3 Å². The standard InChI is InChI=1S/C13H15NO3S/c1-9(15)10-3-4-11(12(7-10)16-2)17-8-13-14-5-6-18-13/h3-7,9,15H,8H2,1-2H3/t9-/m0/s1. The molecule has 0 aliphatic heterocycles. The first kappa shape index (κ1) is 12.9. The molecule has 2 aromatic rings. The number of benzene rings is 1. The SMILES string of the molecule is COc1cc([C@H](C)O)ccc1OCc1nccs1. The molecular weight excluding hydrogens is 250 g/mol. The largest absolute Gasteiger partial charge is 0.493 e. The molecule has 0 unspecified atom stereocenters. The zero-order valence-electron chi connectivity index (χ0n) is 10.3. The number of methoxy groups -OCH3 is 1. The van der Waals surface area contributed by atoms with Gasteiger partial charge in [0.15, 0.2) is 11.5 Å². The molecule has 0 radical (unpaired) electrons. The first-order valence-corrected chi connectivity index (χ1v) is 6.46. The second-order valence-electron chi connectivity index (χ2n) is 3.80. The van der Waals surface area contributed by atoms with Gasteiger partial charge >= 0.3 is 0 Å². The van der Waals surface area contributed by atoms with Gasteiger partial charge in [-0.05, 0) is 24.6 Å². The van der Waals surface area contributed by atoms with Crippen LogP contribution in [0.2, 0.25) is 0 Å². The lowest BCUT2D eigenvalue weighted by molar-refractivity contribution is 0.198. The highest BCUT2D eigenvalue weighted by molar-refractivity contribution is 7.09. The van der Waals surface area contributed by atoms with Crippen molar-refractivity contribution in [1.29, 1.82) is 0 Å². The van der Waals surface area contributed by atoms with E-state index in [0.29, 0.717) is 18.1 Å². The second kappa shape index (κ2) is 5.84. The fraction of sp³-hybridized carbons (Fsp3) is 0.308. The van der Waals surface area contributed by atoms with Crippen molar-refractivity contribution in [1.82, 2.24) is 4.98 Å². The summed E-state index contributed by atoms with van der Waals surface area (Å²) in [5.41, 5.74) is 0.799. The second-order valence-corrected chi connectivity index (χ2v) is 4.78. The monoisotopic (exact) mass is 265 g/mol. The Morgan fingerprint density at radius 3 is 2.83 bits per heavy atom. The van der Waals surface area contributed by atoms with Crippen LogP contribution in [0.4, 0.5) is 0 Å². The number of aromatic nitrogens is 1. The molecule has 1 aromatic carbocycles. The topological polar surface area (TPSA) is 51.6 Å². The molecule has 1 aromatic heterocycles. The predicted octanol–water partition coefficient (Wildman–Crippen LogP) is 2.78. The smallest absolute Gasteiger partial charge is 0.161 e. The first-order valence-electron chi connectivity index (χ1n) is 5.58. The maximum Gasteiger partial charge on any atom is 0.161 e. The van der Waals surface area contributed by atoms with Gasteiger partial charge in [0.2, 0.25) is 0 Å². The quantitative estimate of drug-likeness (QED) is 0.903. The maximum absolute atomic E-state index is 9.51. The molecule has 0 fully saturated rings. The van der Waals surface area contributed by atoms with Crippen molar-refractivity contribution in [2.24, 2.45) is 0 Å². The average molecular weight is 265 g/mol. The van der Waals surface area contributed by atoms with Gasteiger partial charge in [0.1, 0.15) is 11.6 Å². The van der Waals surface area contributed by atoms with Crippen LogP contribution in [0.25, 0.3) is 0 Å². The van der Waals surface area contributed by atoms with E-state index in [0.717, 1.165) is 10.6 Å². The van der Waals surface area contributed by atoms with Gasteiger partial charge in [0.05, 0.1) is 13.2 Å². The Labute approximate surface area is 110 Å². The van der Waals surface area contributed by atoms with Crippen LogP contribution in [0.1, 0.15) is 23.6 Å². The summed E-state index contributed by atoms with van der Waals surface area (Å²) < 4.78 is 10.9. The highest BCUT2D eigenvalue weighted by atomic mass is 32.1. The van der Waals surface area contributed by atoms with Crippen LogP contribution >= 0.6 is 11.3 Å². The van der Waals surface area contributed by atoms with Crippen LogP contribution in [-0.2, 0) is 6.61 Å². The van der Waals surface area contributed by atoms with E-state index in [1.54, 1.807) is 43.7 Å². The molecule has 2 rings (SSSR count). The molecule has 0 saturated heterocycles. The molecule has 96 valence electrons. The lowest BCUT2D eigenvalue weighted by Crippen LogP contribution is -1.99. The lowest BCUT2D eigenvalue weighted by atomic mass is 10.1. The number of ether oxygens (including phenoxy) is 2. The van der Waals surface area contributed by atoms with E-state index >= 15 is 0 Å². The summed E-state index contributed by atoms with van der Waals surface area (Å²) in [5, 5.41) is 12.3. The van der Waals surface area contributed by atoms with Crippen molar-refractivity contribution in [3.63, 3.8) is 0 Å². The molecule has 0 bridgehead atoms. The summed E-state index contributed by atoms with van der Waals surface area (Å²) in [4.78, 5) is 4.15. The fourth-order valence-corrected chi connectivity index (χ4v) is 2.05. The molecule has 1 N–H and O–H groups in total. The van der Waals surface area contributed by atoms with Gasteiger partial charge in [-0.2, -0.15) is 0 Å². The number of aliphatic hydroxyl groups excluding tert-OH is 1. The Morgan fingerprint density at radius 2 is 2.22 bits per heavy atom. The number of nitrogens with zero attached hydrogens (tertiary/aromatic N) is 1. The molecule has 0 aliphatic carbocycles. The minimum absolute atomic E-state index is 0.419. The van der Waals surface area contributed by atoms with Gasteiger partial charge in [-0.3, -0.25) is 0 Å². The summed E-state index contributed by atoms with van der Waals surface area (Å²) in [7, 11) is 1.58.